The molecule has 0 amide bonds. The van der Waals surface area contributed by atoms with Crippen LogP contribution in [0.15, 0.2) is 61.2 Å². The van der Waals surface area contributed by atoms with Gasteiger partial charge in [-0.15, -0.1) is 10.2 Å². The van der Waals surface area contributed by atoms with Gasteiger partial charge < -0.3 is 10.3 Å². The van der Waals surface area contributed by atoms with Crippen LogP contribution in [0, 0.1) is 5.82 Å². The fraction of sp³-hybridized carbons (Fsp3) is 0.125. The molecule has 13 heteroatoms. The lowest BCUT2D eigenvalue weighted by atomic mass is 10.0. The van der Waals surface area contributed by atoms with E-state index in [4.69, 9.17) is 0 Å². The standard InChI is InChI=1S/C24H17F4N9/c1-36-11-15(10-31-36)21-32-20-17(6-7-29-22(20)33-21)13-2-3-14(18(25)8-13)9-30-23-35-34-19-5-4-16(12-37(19)23)24(26,27)28/h2-8,10-12H,9H2,1H3,(H,30,35)(H,29,32,33). The van der Waals surface area contributed by atoms with E-state index in [0.717, 1.165) is 17.8 Å². The van der Waals surface area contributed by atoms with E-state index in [2.05, 4.69) is 35.6 Å². The van der Waals surface area contributed by atoms with Gasteiger partial charge in [0.15, 0.2) is 11.3 Å². The molecule has 0 aliphatic heterocycles. The normalized spacial score (nSPS) is 12.0. The molecule has 0 atom stereocenters. The lowest BCUT2D eigenvalue weighted by Crippen LogP contribution is -2.08. The number of H-pyrrole nitrogens is 1. The fourth-order valence-corrected chi connectivity index (χ4v) is 4.04. The quantitative estimate of drug-likeness (QED) is 0.324. The van der Waals surface area contributed by atoms with Gasteiger partial charge >= 0.3 is 6.18 Å². The second kappa shape index (κ2) is 8.40. The predicted molar refractivity (Wildman–Crippen MR) is 127 cm³/mol. The maximum Gasteiger partial charge on any atom is 0.417 e. The number of imidazole rings is 1. The second-order valence-corrected chi connectivity index (χ2v) is 8.37. The van der Waals surface area contributed by atoms with Crippen molar-refractivity contribution < 1.29 is 17.6 Å². The predicted octanol–water partition coefficient (Wildman–Crippen LogP) is 4.84. The summed E-state index contributed by atoms with van der Waals surface area (Å²) in [5.41, 5.74) is 2.92. The van der Waals surface area contributed by atoms with E-state index in [9.17, 15) is 13.2 Å². The molecule has 0 unspecified atom stereocenters. The highest BCUT2D eigenvalue weighted by molar-refractivity contribution is 5.91. The number of hydrogen-bond acceptors (Lipinski definition) is 6. The van der Waals surface area contributed by atoms with Gasteiger partial charge in [-0.2, -0.15) is 18.3 Å². The molecule has 2 N–H and O–H groups in total. The Kier molecular flexibility index (Phi) is 5.14. The first-order valence-electron chi connectivity index (χ1n) is 11.0. The largest absolute Gasteiger partial charge is 0.417 e. The minimum Gasteiger partial charge on any atom is -0.350 e. The number of hydrogen-bond donors (Lipinski definition) is 2. The van der Waals surface area contributed by atoms with Crippen molar-refractivity contribution in [2.24, 2.45) is 7.05 Å². The Bertz CT molecular complexity index is 1760. The highest BCUT2D eigenvalue weighted by Crippen LogP contribution is 2.31. The second-order valence-electron chi connectivity index (χ2n) is 8.37. The van der Waals surface area contributed by atoms with Crippen LogP contribution in [0.1, 0.15) is 11.1 Å². The summed E-state index contributed by atoms with van der Waals surface area (Å²) >= 11 is 0. The number of anilines is 1. The summed E-state index contributed by atoms with van der Waals surface area (Å²) in [5.74, 6) is 0.168. The van der Waals surface area contributed by atoms with E-state index in [1.807, 2.05) is 6.20 Å². The van der Waals surface area contributed by atoms with E-state index in [1.165, 1.54) is 16.5 Å². The number of benzene rings is 1. The van der Waals surface area contributed by atoms with Crippen LogP contribution < -0.4 is 5.32 Å². The molecular weight excluding hydrogens is 490 g/mol. The van der Waals surface area contributed by atoms with Crippen molar-refractivity contribution in [3.05, 3.63) is 78.1 Å². The Balaban J connectivity index is 1.27. The molecule has 0 bridgehead atoms. The van der Waals surface area contributed by atoms with E-state index in [0.29, 0.717) is 33.7 Å². The molecule has 5 aromatic heterocycles. The molecule has 9 nitrogen and oxygen atoms in total. The number of halogens is 4. The average Bonchev–Trinajstić information content (AvgIpc) is 3.60. The summed E-state index contributed by atoms with van der Waals surface area (Å²) in [6.45, 7) is -0.0114. The van der Waals surface area contributed by atoms with Crippen LogP contribution in [0.4, 0.5) is 23.5 Å². The van der Waals surface area contributed by atoms with Crippen molar-refractivity contribution in [1.29, 1.82) is 0 Å². The van der Waals surface area contributed by atoms with Gasteiger partial charge in [0, 0.05) is 43.3 Å². The van der Waals surface area contributed by atoms with Crippen molar-refractivity contribution in [2.75, 3.05) is 5.32 Å². The monoisotopic (exact) mass is 507 g/mol. The third-order valence-corrected chi connectivity index (χ3v) is 5.89. The lowest BCUT2D eigenvalue weighted by Gasteiger charge is -2.10. The van der Waals surface area contributed by atoms with Crippen molar-refractivity contribution in [2.45, 2.75) is 12.7 Å². The van der Waals surface area contributed by atoms with Crippen LogP contribution in [0.2, 0.25) is 0 Å². The highest BCUT2D eigenvalue weighted by atomic mass is 19.4. The van der Waals surface area contributed by atoms with Crippen LogP contribution >= 0.6 is 0 Å². The Morgan fingerprint density at radius 2 is 1.89 bits per heavy atom. The zero-order valence-electron chi connectivity index (χ0n) is 19.1. The van der Waals surface area contributed by atoms with Crippen LogP contribution in [0.25, 0.3) is 39.3 Å². The molecule has 0 spiro atoms. The van der Waals surface area contributed by atoms with Crippen LogP contribution in [0.5, 0.6) is 0 Å². The summed E-state index contributed by atoms with van der Waals surface area (Å²) in [5, 5.41) is 14.7. The third kappa shape index (κ3) is 4.13. The molecule has 37 heavy (non-hydrogen) atoms. The zero-order chi connectivity index (χ0) is 25.7. The third-order valence-electron chi connectivity index (χ3n) is 5.89. The zero-order valence-corrected chi connectivity index (χ0v) is 19.1. The van der Waals surface area contributed by atoms with Gasteiger partial charge in [0.05, 0.1) is 17.3 Å². The van der Waals surface area contributed by atoms with Gasteiger partial charge in [-0.1, -0.05) is 12.1 Å². The van der Waals surface area contributed by atoms with Gasteiger partial charge in [0.2, 0.25) is 5.95 Å². The molecule has 0 fully saturated rings. The van der Waals surface area contributed by atoms with Crippen molar-refractivity contribution in [3.8, 4) is 22.5 Å². The number of aromatic nitrogens is 8. The Hall–Kier alpha value is -4.81. The summed E-state index contributed by atoms with van der Waals surface area (Å²) in [7, 11) is 1.81. The smallest absolute Gasteiger partial charge is 0.350 e. The summed E-state index contributed by atoms with van der Waals surface area (Å²) < 4.78 is 57.2. The minimum absolute atomic E-state index is 0.0114. The molecule has 1 aromatic carbocycles. The lowest BCUT2D eigenvalue weighted by molar-refractivity contribution is -0.137. The first-order chi connectivity index (χ1) is 17.8. The van der Waals surface area contributed by atoms with Crippen molar-refractivity contribution >= 4 is 22.8 Å². The van der Waals surface area contributed by atoms with E-state index >= 15 is 4.39 Å². The van der Waals surface area contributed by atoms with Crippen LogP contribution in [-0.4, -0.2) is 39.3 Å². The maximum absolute atomic E-state index is 15.1. The molecule has 0 saturated heterocycles. The minimum atomic E-state index is -4.51. The van der Waals surface area contributed by atoms with Gasteiger partial charge in [-0.3, -0.25) is 9.08 Å². The summed E-state index contributed by atoms with van der Waals surface area (Å²) in [6, 6.07) is 8.64. The number of nitrogens with one attached hydrogen (secondary N) is 2. The number of rotatable bonds is 5. The van der Waals surface area contributed by atoms with Gasteiger partial charge in [-0.05, 0) is 29.8 Å². The number of alkyl halides is 3. The molecule has 6 rings (SSSR count). The Morgan fingerprint density at radius 1 is 1.03 bits per heavy atom. The fourth-order valence-electron chi connectivity index (χ4n) is 4.04. The molecule has 0 aliphatic carbocycles. The van der Waals surface area contributed by atoms with Crippen LogP contribution in [0.3, 0.4) is 0 Å². The molecule has 186 valence electrons. The topological polar surface area (TPSA) is 102 Å². The van der Waals surface area contributed by atoms with Gasteiger partial charge in [0.1, 0.15) is 17.2 Å². The van der Waals surface area contributed by atoms with Gasteiger partial charge in [-0.25, -0.2) is 14.4 Å². The highest BCUT2D eigenvalue weighted by Gasteiger charge is 2.31. The summed E-state index contributed by atoms with van der Waals surface area (Å²) in [6.07, 6.45) is 1.50. The first kappa shape index (κ1) is 22.6. The molecule has 0 radical (unpaired) electrons. The molecule has 0 aliphatic rings. The number of aryl methyl sites for hydroxylation is 1. The summed E-state index contributed by atoms with van der Waals surface area (Å²) in [4.78, 5) is 12.1. The SMILES string of the molecule is Cn1cc(-c2nc3c(-c4ccc(CNc5nnc6ccc(C(F)(F)F)cn56)c(F)c4)ccnc3[nH]2)cn1. The Morgan fingerprint density at radius 3 is 2.65 bits per heavy atom. The van der Waals surface area contributed by atoms with E-state index in [-0.39, 0.29) is 18.1 Å². The molecule has 5 heterocycles. The first-order valence-corrected chi connectivity index (χ1v) is 11.0. The van der Waals surface area contributed by atoms with E-state index in [1.54, 1.807) is 42.3 Å². The van der Waals surface area contributed by atoms with Crippen LogP contribution in [-0.2, 0) is 19.8 Å². The molecule has 6 aromatic rings. The van der Waals surface area contributed by atoms with Gasteiger partial charge in [0.25, 0.3) is 0 Å². The number of pyridine rings is 2. The van der Waals surface area contributed by atoms with Crippen molar-refractivity contribution in [3.63, 3.8) is 0 Å². The van der Waals surface area contributed by atoms with E-state index < -0.39 is 17.6 Å². The number of fused-ring (bicyclic) bond motifs is 2. The Labute approximate surface area is 205 Å². The van der Waals surface area contributed by atoms with Crippen molar-refractivity contribution in [1.82, 2.24) is 39.3 Å². The molecular formula is C24H17F4N9. The number of aromatic amines is 1. The molecule has 0 saturated carbocycles. The maximum atomic E-state index is 15.1. The average molecular weight is 507 g/mol. The number of nitrogens with zero attached hydrogens (tertiary/aromatic N) is 7.